The van der Waals surface area contributed by atoms with E-state index < -0.39 is 5.91 Å². The van der Waals surface area contributed by atoms with Crippen LogP contribution in [-0.4, -0.2) is 63.5 Å². The summed E-state index contributed by atoms with van der Waals surface area (Å²) in [4.78, 5) is 31.3. The standard InChI is InChI=1S/C20H27ClN10O/c1-2-31-9-4-3-5-14(31)25-8-12-30-10-6-13(7-11-30)26-20(24)29-19(32)15-17(22)28-18(23)16(21)27-15/h2-5,9,13H,1,6-8,10-12H2,(H4,22,23,28)(H3,24,26,29,32). The molecule has 11 nitrogen and oxygen atoms in total. The van der Waals surface area contributed by atoms with E-state index in [0.29, 0.717) is 6.54 Å². The lowest BCUT2D eigenvalue weighted by Gasteiger charge is -2.29. The first kappa shape index (κ1) is 23.2. The third kappa shape index (κ3) is 6.05. The summed E-state index contributed by atoms with van der Waals surface area (Å²) in [6, 6.07) is 5.86. The average molecular weight is 459 g/mol. The molecule has 0 bridgehead atoms. The number of anilines is 2. The fourth-order valence-corrected chi connectivity index (χ4v) is 3.45. The molecule has 0 atom stereocenters. The highest BCUT2D eigenvalue weighted by Gasteiger charge is 2.20. The van der Waals surface area contributed by atoms with Crippen LogP contribution in [0.5, 0.6) is 0 Å². The molecule has 0 radical (unpaired) electrons. The number of aliphatic imine (C=N–C) groups is 1. The second-order valence-electron chi connectivity index (χ2n) is 7.21. The highest BCUT2D eigenvalue weighted by molar-refractivity contribution is 6.31. The summed E-state index contributed by atoms with van der Waals surface area (Å²) in [6.07, 6.45) is 5.30. The van der Waals surface area contributed by atoms with Crippen molar-refractivity contribution < 1.29 is 4.79 Å². The van der Waals surface area contributed by atoms with E-state index >= 15 is 0 Å². The number of guanidine groups is 1. The molecule has 2 aromatic rings. The summed E-state index contributed by atoms with van der Waals surface area (Å²) in [7, 11) is 0. The number of hydrogen-bond donors (Lipinski definition) is 4. The summed E-state index contributed by atoms with van der Waals surface area (Å²) in [6.45, 7) is 7.07. The molecule has 0 aromatic carbocycles. The molecular weight excluding hydrogens is 432 g/mol. The van der Waals surface area contributed by atoms with Crippen LogP contribution in [0.2, 0.25) is 5.15 Å². The van der Waals surface area contributed by atoms with Crippen LogP contribution < -0.4 is 28.0 Å². The Hall–Kier alpha value is -3.44. The largest absolute Gasteiger partial charge is 0.382 e. The second-order valence-corrected chi connectivity index (χ2v) is 7.56. The first-order chi connectivity index (χ1) is 15.4. The molecule has 1 aliphatic rings. The van der Waals surface area contributed by atoms with Crippen LogP contribution >= 0.6 is 11.6 Å². The molecular formula is C20H27ClN10O. The number of aromatic nitrogens is 3. The van der Waals surface area contributed by atoms with Gasteiger partial charge in [0.1, 0.15) is 5.49 Å². The number of nitrogens with one attached hydrogen (secondary N) is 1. The summed E-state index contributed by atoms with van der Waals surface area (Å²) < 4.78 is 1.88. The molecule has 12 heteroatoms. The van der Waals surface area contributed by atoms with Crippen molar-refractivity contribution in [2.75, 3.05) is 37.6 Å². The lowest BCUT2D eigenvalue weighted by atomic mass is 10.1. The molecule has 7 N–H and O–H groups in total. The number of amides is 1. The molecule has 0 unspecified atom stereocenters. The van der Waals surface area contributed by atoms with Crippen molar-refractivity contribution in [1.29, 1.82) is 0 Å². The lowest BCUT2D eigenvalue weighted by Crippen LogP contribution is -2.41. The maximum atomic E-state index is 12.3. The Morgan fingerprint density at radius 1 is 1.28 bits per heavy atom. The minimum Gasteiger partial charge on any atom is -0.382 e. The third-order valence-electron chi connectivity index (χ3n) is 4.99. The van der Waals surface area contributed by atoms with Gasteiger partial charge in [-0.15, -0.1) is 0 Å². The molecule has 32 heavy (non-hydrogen) atoms. The summed E-state index contributed by atoms with van der Waals surface area (Å²) in [5.74, 6) is -0.832. The topological polar surface area (TPSA) is 166 Å². The smallest absolute Gasteiger partial charge is 0.280 e. The molecule has 0 spiro atoms. The Kier molecular flexibility index (Phi) is 7.79. The zero-order chi connectivity index (χ0) is 23.1. The number of piperidine rings is 1. The lowest BCUT2D eigenvalue weighted by molar-refractivity contribution is 0.0972. The number of carbonyl (C=O) groups is 1. The molecule has 0 saturated carbocycles. The quantitative estimate of drug-likeness (QED) is 0.357. The van der Waals surface area contributed by atoms with Crippen molar-refractivity contribution >= 4 is 41.3 Å². The van der Waals surface area contributed by atoms with Crippen molar-refractivity contribution in [3.05, 3.63) is 47.3 Å². The Balaban J connectivity index is 1.49. The van der Waals surface area contributed by atoms with E-state index in [4.69, 9.17) is 28.8 Å². The predicted octanol–water partition coefficient (Wildman–Crippen LogP) is 0.306. The fraction of sp³-hybridized carbons (Fsp3) is 0.350. The van der Waals surface area contributed by atoms with Crippen molar-refractivity contribution in [3.8, 4) is 0 Å². The van der Waals surface area contributed by atoms with Crippen molar-refractivity contribution in [1.82, 2.24) is 24.8 Å². The zero-order valence-corrected chi connectivity index (χ0v) is 18.4. The van der Waals surface area contributed by atoms with Crippen LogP contribution in [0.15, 0.2) is 41.0 Å². The maximum absolute atomic E-state index is 12.3. The highest BCUT2D eigenvalue weighted by Crippen LogP contribution is 2.17. The van der Waals surface area contributed by atoms with Gasteiger partial charge in [0.05, 0.1) is 12.6 Å². The van der Waals surface area contributed by atoms with E-state index in [1.54, 1.807) is 6.20 Å². The van der Waals surface area contributed by atoms with Gasteiger partial charge >= 0.3 is 0 Å². The van der Waals surface area contributed by atoms with Crippen LogP contribution in [0.4, 0.5) is 11.6 Å². The Morgan fingerprint density at radius 2 is 2.03 bits per heavy atom. The van der Waals surface area contributed by atoms with Gasteiger partial charge in [-0.3, -0.25) is 15.1 Å². The summed E-state index contributed by atoms with van der Waals surface area (Å²) in [5, 5.41) is 2.37. The summed E-state index contributed by atoms with van der Waals surface area (Å²) >= 11 is 5.81. The number of rotatable bonds is 6. The molecule has 1 aliphatic heterocycles. The molecule has 3 heterocycles. The van der Waals surface area contributed by atoms with E-state index in [1.807, 2.05) is 29.0 Å². The number of nitrogens with two attached hydrogens (primary N) is 3. The highest BCUT2D eigenvalue weighted by atomic mass is 35.5. The van der Waals surface area contributed by atoms with Gasteiger partial charge in [-0.05, 0) is 25.0 Å². The predicted molar refractivity (Wildman–Crippen MR) is 126 cm³/mol. The molecule has 1 saturated heterocycles. The normalized spacial score (nSPS) is 16.2. The molecule has 170 valence electrons. The fourth-order valence-electron chi connectivity index (χ4n) is 3.33. The van der Waals surface area contributed by atoms with Gasteiger partial charge in [0.15, 0.2) is 28.4 Å². The molecule has 3 rings (SSSR count). The minimum atomic E-state index is -0.644. The van der Waals surface area contributed by atoms with E-state index in [0.717, 1.165) is 38.0 Å². The molecule has 0 aliphatic carbocycles. The van der Waals surface area contributed by atoms with Crippen molar-refractivity contribution in [3.63, 3.8) is 0 Å². The van der Waals surface area contributed by atoms with Crippen LogP contribution in [-0.2, 0) is 0 Å². The van der Waals surface area contributed by atoms with Crippen LogP contribution in [0.3, 0.4) is 0 Å². The van der Waals surface area contributed by atoms with Gasteiger partial charge in [-0.2, -0.15) is 0 Å². The van der Waals surface area contributed by atoms with E-state index in [1.165, 1.54) is 0 Å². The van der Waals surface area contributed by atoms with Gasteiger partial charge in [0, 0.05) is 32.0 Å². The van der Waals surface area contributed by atoms with Gasteiger partial charge in [0.2, 0.25) is 0 Å². The monoisotopic (exact) mass is 458 g/mol. The molecule has 2 aromatic heterocycles. The van der Waals surface area contributed by atoms with E-state index in [2.05, 4.69) is 36.7 Å². The van der Waals surface area contributed by atoms with Gasteiger partial charge in [-0.25, -0.2) is 15.0 Å². The number of pyridine rings is 1. The number of nitrogen functional groups attached to an aromatic ring is 2. The van der Waals surface area contributed by atoms with Gasteiger partial charge in [0.25, 0.3) is 5.91 Å². The Labute approximate surface area is 190 Å². The zero-order valence-electron chi connectivity index (χ0n) is 17.6. The van der Waals surface area contributed by atoms with Crippen LogP contribution in [0.25, 0.3) is 6.20 Å². The number of likely N-dealkylation sites (tertiary alicyclic amines) is 1. The first-order valence-electron chi connectivity index (χ1n) is 10.1. The second kappa shape index (κ2) is 10.7. The average Bonchev–Trinajstić information content (AvgIpc) is 2.77. The number of hydrogen-bond acceptors (Lipinski definition) is 8. The van der Waals surface area contributed by atoms with Crippen LogP contribution in [0.1, 0.15) is 23.3 Å². The Morgan fingerprint density at radius 3 is 2.75 bits per heavy atom. The van der Waals surface area contributed by atoms with E-state index in [-0.39, 0.29) is 34.5 Å². The van der Waals surface area contributed by atoms with Crippen LogP contribution in [0, 0.1) is 0 Å². The number of carbonyl (C=O) groups excluding carboxylic acids is 1. The maximum Gasteiger partial charge on any atom is 0.280 e. The van der Waals surface area contributed by atoms with Gasteiger partial charge in [-0.1, -0.05) is 24.2 Å². The number of halogens is 1. The van der Waals surface area contributed by atoms with E-state index in [9.17, 15) is 4.79 Å². The number of nitrogens with zero attached hydrogens (tertiary/aromatic N) is 6. The minimum absolute atomic E-state index is 0.00402. The Bertz CT molecular complexity index is 1070. The summed E-state index contributed by atoms with van der Waals surface area (Å²) in [5.41, 5.74) is 17.8. The molecule has 1 fully saturated rings. The first-order valence-corrected chi connectivity index (χ1v) is 10.5. The van der Waals surface area contributed by atoms with Crippen molar-refractivity contribution in [2.45, 2.75) is 18.9 Å². The molecule has 1 amide bonds. The van der Waals surface area contributed by atoms with Crippen molar-refractivity contribution in [2.24, 2.45) is 15.7 Å². The third-order valence-corrected chi connectivity index (χ3v) is 5.27. The SMILES string of the molecule is C=Cn1ccccc1=NCCN1CCC(N=C(N)NC(=O)c2nc(Cl)c(N)nc2N)CC1. The van der Waals surface area contributed by atoms with Gasteiger partial charge < -0.3 is 26.7 Å².